The van der Waals surface area contributed by atoms with Crippen molar-refractivity contribution in [3.8, 4) is 0 Å². The smallest absolute Gasteiger partial charge is 0.126 e. The maximum absolute atomic E-state index is 4.28. The highest BCUT2D eigenvalue weighted by molar-refractivity contribution is 5.83. The first kappa shape index (κ1) is 10.4. The molecule has 3 heteroatoms. The fraction of sp³-hybridized carbons (Fsp3) is 0.900. The van der Waals surface area contributed by atoms with Gasteiger partial charge in [-0.2, -0.15) is 5.10 Å². The zero-order valence-electron chi connectivity index (χ0n) is 9.22. The number of nitrogens with one attached hydrogen (secondary N) is 1. The fourth-order valence-corrected chi connectivity index (χ4v) is 1.53. The molecule has 0 aromatic carbocycles. The highest BCUT2D eigenvalue weighted by Gasteiger charge is 2.21. The lowest BCUT2D eigenvalue weighted by molar-refractivity contribution is 0.276. The van der Waals surface area contributed by atoms with Crippen molar-refractivity contribution in [2.45, 2.75) is 40.5 Å². The van der Waals surface area contributed by atoms with Crippen LogP contribution in [0.2, 0.25) is 0 Å². The minimum absolute atomic E-state index is 0.348. The molecule has 0 atom stereocenters. The molecule has 0 radical (unpaired) electrons. The molecule has 0 amide bonds. The van der Waals surface area contributed by atoms with Gasteiger partial charge in [0.2, 0.25) is 0 Å². The third kappa shape index (κ3) is 3.25. The third-order valence-corrected chi connectivity index (χ3v) is 1.97. The highest BCUT2D eigenvalue weighted by Crippen LogP contribution is 2.17. The van der Waals surface area contributed by atoms with Crippen molar-refractivity contribution in [1.29, 1.82) is 0 Å². The minimum atomic E-state index is 0.348. The van der Waals surface area contributed by atoms with Crippen molar-refractivity contribution in [2.75, 3.05) is 13.2 Å². The summed E-state index contributed by atoms with van der Waals surface area (Å²) < 4.78 is 0. The average molecular weight is 183 g/mol. The van der Waals surface area contributed by atoms with Gasteiger partial charge in [0.1, 0.15) is 12.5 Å². The van der Waals surface area contributed by atoms with Gasteiger partial charge >= 0.3 is 0 Å². The van der Waals surface area contributed by atoms with Crippen LogP contribution in [-0.2, 0) is 0 Å². The lowest BCUT2D eigenvalue weighted by atomic mass is 9.96. The molecule has 0 saturated heterocycles. The van der Waals surface area contributed by atoms with Crippen LogP contribution in [0, 0.1) is 5.41 Å². The molecule has 1 rings (SSSR count). The fourth-order valence-electron chi connectivity index (χ4n) is 1.53. The first-order valence-electron chi connectivity index (χ1n) is 5.07. The van der Waals surface area contributed by atoms with Crippen LogP contribution in [0.15, 0.2) is 5.10 Å². The Hall–Kier alpha value is -0.730. The van der Waals surface area contributed by atoms with Crippen LogP contribution in [0.25, 0.3) is 0 Å². The molecule has 0 spiro atoms. The van der Waals surface area contributed by atoms with Crippen LogP contribution in [-0.4, -0.2) is 23.9 Å². The second kappa shape index (κ2) is 3.99. The molecule has 0 aromatic heterocycles. The molecule has 0 fully saturated rings. The highest BCUT2D eigenvalue weighted by atomic mass is 15.5. The Bertz CT molecular complexity index is 191. The van der Waals surface area contributed by atoms with Gasteiger partial charge in [-0.1, -0.05) is 27.7 Å². The van der Waals surface area contributed by atoms with E-state index in [2.05, 4.69) is 43.1 Å². The third-order valence-electron chi connectivity index (χ3n) is 1.97. The summed E-state index contributed by atoms with van der Waals surface area (Å²) >= 11 is 0. The standard InChI is InChI=1S/C10H21N3/c1-5-6-9-12-11-8-13(9)7-10(2,3)4/h11H,5-8H2,1-4H3. The van der Waals surface area contributed by atoms with E-state index in [9.17, 15) is 0 Å². The van der Waals surface area contributed by atoms with Crippen LogP contribution in [0.4, 0.5) is 0 Å². The molecule has 3 nitrogen and oxygen atoms in total. The predicted molar refractivity (Wildman–Crippen MR) is 56.5 cm³/mol. The van der Waals surface area contributed by atoms with Crippen molar-refractivity contribution < 1.29 is 0 Å². The molecule has 13 heavy (non-hydrogen) atoms. The van der Waals surface area contributed by atoms with E-state index >= 15 is 0 Å². The number of nitrogens with zero attached hydrogens (tertiary/aromatic N) is 2. The molecular weight excluding hydrogens is 162 g/mol. The number of rotatable bonds is 3. The van der Waals surface area contributed by atoms with Crippen LogP contribution >= 0.6 is 0 Å². The van der Waals surface area contributed by atoms with E-state index in [1.807, 2.05) is 0 Å². The van der Waals surface area contributed by atoms with Gasteiger partial charge in [-0.3, -0.25) is 5.43 Å². The van der Waals surface area contributed by atoms with Gasteiger partial charge in [-0.05, 0) is 11.8 Å². The maximum Gasteiger partial charge on any atom is 0.126 e. The van der Waals surface area contributed by atoms with E-state index in [1.165, 1.54) is 12.3 Å². The van der Waals surface area contributed by atoms with Gasteiger partial charge in [0.15, 0.2) is 0 Å². The van der Waals surface area contributed by atoms with E-state index in [0.717, 1.165) is 19.6 Å². The van der Waals surface area contributed by atoms with E-state index in [1.54, 1.807) is 0 Å². The summed E-state index contributed by atoms with van der Waals surface area (Å²) in [6, 6.07) is 0. The Morgan fingerprint density at radius 2 is 2.15 bits per heavy atom. The first-order chi connectivity index (χ1) is 6.03. The molecule has 1 aliphatic heterocycles. The number of hydrazone groups is 1. The summed E-state index contributed by atoms with van der Waals surface area (Å²) in [5.74, 6) is 1.22. The topological polar surface area (TPSA) is 27.6 Å². The van der Waals surface area contributed by atoms with Crippen molar-refractivity contribution in [3.63, 3.8) is 0 Å². The molecule has 0 aromatic rings. The van der Waals surface area contributed by atoms with E-state index in [4.69, 9.17) is 0 Å². The molecule has 0 unspecified atom stereocenters. The van der Waals surface area contributed by atoms with Crippen LogP contribution in [0.5, 0.6) is 0 Å². The number of hydrogen-bond acceptors (Lipinski definition) is 3. The largest absolute Gasteiger partial charge is 0.339 e. The normalized spacial score (nSPS) is 17.2. The van der Waals surface area contributed by atoms with Gasteiger partial charge in [0.25, 0.3) is 0 Å². The summed E-state index contributed by atoms with van der Waals surface area (Å²) in [5.41, 5.74) is 3.39. The van der Waals surface area contributed by atoms with Gasteiger partial charge in [-0.25, -0.2) is 0 Å². The molecular formula is C10H21N3. The summed E-state index contributed by atoms with van der Waals surface area (Å²) in [5, 5.41) is 4.28. The molecule has 0 bridgehead atoms. The van der Waals surface area contributed by atoms with Gasteiger partial charge in [0, 0.05) is 13.0 Å². The Morgan fingerprint density at radius 3 is 2.69 bits per heavy atom. The van der Waals surface area contributed by atoms with Gasteiger partial charge in [-0.15, -0.1) is 0 Å². The van der Waals surface area contributed by atoms with Crippen molar-refractivity contribution in [3.05, 3.63) is 0 Å². The Morgan fingerprint density at radius 1 is 1.46 bits per heavy atom. The quantitative estimate of drug-likeness (QED) is 0.724. The molecule has 1 heterocycles. The molecule has 1 N–H and O–H groups in total. The van der Waals surface area contributed by atoms with Crippen molar-refractivity contribution in [1.82, 2.24) is 10.3 Å². The lowest BCUT2D eigenvalue weighted by Gasteiger charge is -2.27. The predicted octanol–water partition coefficient (Wildman–Crippen LogP) is 2.01. The number of amidine groups is 1. The van der Waals surface area contributed by atoms with Crippen molar-refractivity contribution >= 4 is 5.84 Å². The van der Waals surface area contributed by atoms with Gasteiger partial charge < -0.3 is 4.90 Å². The maximum atomic E-state index is 4.28. The summed E-state index contributed by atoms with van der Waals surface area (Å²) in [6.45, 7) is 10.9. The minimum Gasteiger partial charge on any atom is -0.339 e. The zero-order valence-corrected chi connectivity index (χ0v) is 9.22. The summed E-state index contributed by atoms with van der Waals surface area (Å²) in [4.78, 5) is 2.34. The van der Waals surface area contributed by atoms with E-state index < -0.39 is 0 Å². The lowest BCUT2D eigenvalue weighted by Crippen LogP contribution is -2.36. The Labute approximate surface area is 81.2 Å². The summed E-state index contributed by atoms with van der Waals surface area (Å²) in [7, 11) is 0. The van der Waals surface area contributed by atoms with Crippen molar-refractivity contribution in [2.24, 2.45) is 10.5 Å². The van der Waals surface area contributed by atoms with Crippen LogP contribution in [0.1, 0.15) is 40.5 Å². The Kier molecular flexibility index (Phi) is 3.17. The molecule has 0 aliphatic carbocycles. The second-order valence-corrected chi connectivity index (χ2v) is 4.85. The van der Waals surface area contributed by atoms with Crippen LogP contribution in [0.3, 0.4) is 0 Å². The first-order valence-corrected chi connectivity index (χ1v) is 5.07. The molecule has 76 valence electrons. The summed E-state index contributed by atoms with van der Waals surface area (Å²) in [6.07, 6.45) is 2.25. The molecule has 0 saturated carbocycles. The van der Waals surface area contributed by atoms with E-state index in [0.29, 0.717) is 5.41 Å². The van der Waals surface area contributed by atoms with E-state index in [-0.39, 0.29) is 0 Å². The second-order valence-electron chi connectivity index (χ2n) is 4.85. The monoisotopic (exact) mass is 183 g/mol. The molecule has 1 aliphatic rings. The van der Waals surface area contributed by atoms with Gasteiger partial charge in [0.05, 0.1) is 0 Å². The SMILES string of the molecule is CCCC1=NNCN1CC(C)(C)C. The Balaban J connectivity index is 2.47. The zero-order chi connectivity index (χ0) is 9.90. The number of hydrogen-bond donors (Lipinski definition) is 1. The van der Waals surface area contributed by atoms with Crippen LogP contribution < -0.4 is 5.43 Å². The average Bonchev–Trinajstić information content (AvgIpc) is 2.34.